The van der Waals surface area contributed by atoms with Gasteiger partial charge in [0.2, 0.25) is 5.95 Å². The SMILES string of the molecule is CC(C)=CCn1c(N2CCC3CN(C(=O)OC(C)(C)C)CC32)nc2ccc([N+](=O)[O-])cc21. The highest BCUT2D eigenvalue weighted by Gasteiger charge is 2.45. The number of ether oxygens (including phenoxy) is 1. The van der Waals surface area contributed by atoms with Crippen LogP contribution in [-0.4, -0.2) is 56.7 Å². The number of amides is 1. The molecule has 1 aromatic heterocycles. The van der Waals surface area contributed by atoms with Gasteiger partial charge in [0, 0.05) is 44.2 Å². The number of hydrogen-bond acceptors (Lipinski definition) is 6. The number of anilines is 1. The summed E-state index contributed by atoms with van der Waals surface area (Å²) in [6.45, 7) is 12.4. The quantitative estimate of drug-likeness (QED) is 0.398. The lowest BCUT2D eigenvalue weighted by molar-refractivity contribution is -0.384. The predicted octanol–water partition coefficient (Wildman–Crippen LogP) is 4.36. The van der Waals surface area contributed by atoms with Crippen molar-refractivity contribution in [1.29, 1.82) is 0 Å². The Labute approximate surface area is 187 Å². The second-order valence-electron chi connectivity index (χ2n) is 9.93. The van der Waals surface area contributed by atoms with E-state index in [1.54, 1.807) is 17.0 Å². The summed E-state index contributed by atoms with van der Waals surface area (Å²) in [5, 5.41) is 11.3. The van der Waals surface area contributed by atoms with Crippen molar-refractivity contribution in [3.8, 4) is 0 Å². The van der Waals surface area contributed by atoms with E-state index in [0.717, 1.165) is 29.9 Å². The molecule has 2 aliphatic heterocycles. The number of carbonyl (C=O) groups is 1. The second-order valence-corrected chi connectivity index (χ2v) is 9.93. The van der Waals surface area contributed by atoms with E-state index in [9.17, 15) is 14.9 Å². The molecule has 2 fully saturated rings. The van der Waals surface area contributed by atoms with E-state index in [1.165, 1.54) is 11.6 Å². The van der Waals surface area contributed by atoms with E-state index in [4.69, 9.17) is 9.72 Å². The molecule has 1 amide bonds. The van der Waals surface area contributed by atoms with Gasteiger partial charge in [-0.25, -0.2) is 9.78 Å². The summed E-state index contributed by atoms with van der Waals surface area (Å²) in [4.78, 5) is 32.5. The first kappa shape index (κ1) is 22.1. The summed E-state index contributed by atoms with van der Waals surface area (Å²) < 4.78 is 7.63. The molecule has 2 atom stereocenters. The molecule has 0 aliphatic carbocycles. The van der Waals surface area contributed by atoms with Crippen molar-refractivity contribution in [1.82, 2.24) is 14.5 Å². The Morgan fingerprint density at radius 2 is 2.06 bits per heavy atom. The summed E-state index contributed by atoms with van der Waals surface area (Å²) >= 11 is 0. The van der Waals surface area contributed by atoms with Gasteiger partial charge in [0.1, 0.15) is 5.60 Å². The van der Waals surface area contributed by atoms with E-state index in [2.05, 4.69) is 11.0 Å². The standard InChI is InChI=1S/C23H31N5O4/c1-15(2)8-10-26-19-12-17(28(30)31)6-7-18(19)24-21(26)27-11-9-16-13-25(14-20(16)27)22(29)32-23(3,4)5/h6-8,12,16,20H,9-11,13-14H2,1-5H3. The van der Waals surface area contributed by atoms with Gasteiger partial charge in [-0.2, -0.15) is 0 Å². The number of nitro groups is 1. The molecule has 2 aliphatic rings. The highest BCUT2D eigenvalue weighted by molar-refractivity contribution is 5.81. The van der Waals surface area contributed by atoms with Crippen LogP contribution < -0.4 is 4.90 Å². The number of benzene rings is 1. The normalized spacial score (nSPS) is 20.5. The van der Waals surface area contributed by atoms with Crippen molar-refractivity contribution in [2.75, 3.05) is 24.5 Å². The van der Waals surface area contributed by atoms with E-state index < -0.39 is 5.60 Å². The van der Waals surface area contributed by atoms with Crippen molar-refractivity contribution in [3.63, 3.8) is 0 Å². The van der Waals surface area contributed by atoms with Crippen molar-refractivity contribution < 1.29 is 14.5 Å². The number of rotatable bonds is 4. The molecule has 3 heterocycles. The molecule has 0 N–H and O–H groups in total. The predicted molar refractivity (Wildman–Crippen MR) is 123 cm³/mol. The largest absolute Gasteiger partial charge is 0.444 e. The highest BCUT2D eigenvalue weighted by atomic mass is 16.6. The molecule has 4 rings (SSSR count). The molecule has 32 heavy (non-hydrogen) atoms. The average Bonchev–Trinajstić information content (AvgIpc) is 3.36. The van der Waals surface area contributed by atoms with Crippen LogP contribution in [0.1, 0.15) is 41.0 Å². The van der Waals surface area contributed by atoms with E-state index in [0.29, 0.717) is 25.6 Å². The maximum absolute atomic E-state index is 12.6. The first-order chi connectivity index (χ1) is 15.0. The molecule has 0 bridgehead atoms. The number of allylic oxidation sites excluding steroid dienone is 2. The average molecular weight is 442 g/mol. The number of non-ortho nitro benzene ring substituents is 1. The number of carbonyl (C=O) groups excluding carboxylic acids is 1. The fourth-order valence-corrected chi connectivity index (χ4v) is 4.57. The fourth-order valence-electron chi connectivity index (χ4n) is 4.57. The minimum Gasteiger partial charge on any atom is -0.444 e. The molecular weight excluding hydrogens is 410 g/mol. The first-order valence-electron chi connectivity index (χ1n) is 11.1. The summed E-state index contributed by atoms with van der Waals surface area (Å²) in [6.07, 6.45) is 2.79. The van der Waals surface area contributed by atoms with Crippen molar-refractivity contribution >= 4 is 28.8 Å². The maximum atomic E-state index is 12.6. The van der Waals surface area contributed by atoms with Gasteiger partial charge in [-0.1, -0.05) is 11.6 Å². The number of nitrogens with zero attached hydrogens (tertiary/aromatic N) is 5. The molecule has 0 spiro atoms. The van der Waals surface area contributed by atoms with Crippen LogP contribution in [-0.2, 0) is 11.3 Å². The minimum absolute atomic E-state index is 0.0543. The Morgan fingerprint density at radius 1 is 1.31 bits per heavy atom. The third kappa shape index (κ3) is 4.28. The third-order valence-electron chi connectivity index (χ3n) is 6.06. The Morgan fingerprint density at radius 3 is 2.72 bits per heavy atom. The van der Waals surface area contributed by atoms with E-state index in [1.807, 2.05) is 39.2 Å². The van der Waals surface area contributed by atoms with Crippen LogP contribution in [0.3, 0.4) is 0 Å². The zero-order valence-electron chi connectivity index (χ0n) is 19.4. The number of aromatic nitrogens is 2. The molecule has 0 radical (unpaired) electrons. The molecule has 2 unspecified atom stereocenters. The topological polar surface area (TPSA) is 93.7 Å². The van der Waals surface area contributed by atoms with Crippen LogP contribution in [0.15, 0.2) is 29.8 Å². The van der Waals surface area contributed by atoms with Gasteiger partial charge in [-0.05, 0) is 47.1 Å². The lowest BCUT2D eigenvalue weighted by atomic mass is 10.1. The number of fused-ring (bicyclic) bond motifs is 2. The Bertz CT molecular complexity index is 1080. The van der Waals surface area contributed by atoms with Crippen LogP contribution in [0.4, 0.5) is 16.4 Å². The van der Waals surface area contributed by atoms with Crippen LogP contribution >= 0.6 is 0 Å². The van der Waals surface area contributed by atoms with Crippen LogP contribution in [0.5, 0.6) is 0 Å². The first-order valence-corrected chi connectivity index (χ1v) is 11.1. The maximum Gasteiger partial charge on any atom is 0.410 e. The van der Waals surface area contributed by atoms with Crippen LogP contribution in [0.25, 0.3) is 11.0 Å². The number of imidazole rings is 1. The molecule has 2 saturated heterocycles. The smallest absolute Gasteiger partial charge is 0.410 e. The number of hydrogen-bond donors (Lipinski definition) is 0. The molecule has 2 aromatic rings. The minimum atomic E-state index is -0.526. The summed E-state index contributed by atoms with van der Waals surface area (Å²) in [5.74, 6) is 1.16. The molecule has 9 heteroatoms. The van der Waals surface area contributed by atoms with Gasteiger partial charge < -0.3 is 19.1 Å². The van der Waals surface area contributed by atoms with Gasteiger partial charge in [0.15, 0.2) is 0 Å². The zero-order chi connectivity index (χ0) is 23.2. The summed E-state index contributed by atoms with van der Waals surface area (Å²) in [5.41, 5.74) is 2.18. The van der Waals surface area contributed by atoms with Gasteiger partial charge >= 0.3 is 6.09 Å². The summed E-state index contributed by atoms with van der Waals surface area (Å²) in [7, 11) is 0. The molecule has 9 nitrogen and oxygen atoms in total. The lowest BCUT2D eigenvalue weighted by Crippen LogP contribution is -2.40. The Kier molecular flexibility index (Phi) is 5.60. The highest BCUT2D eigenvalue weighted by Crippen LogP contribution is 2.37. The lowest BCUT2D eigenvalue weighted by Gasteiger charge is -2.28. The van der Waals surface area contributed by atoms with E-state index >= 15 is 0 Å². The fraction of sp³-hybridized carbons (Fsp3) is 0.565. The van der Waals surface area contributed by atoms with Gasteiger partial charge in [-0.15, -0.1) is 0 Å². The van der Waals surface area contributed by atoms with Crippen molar-refractivity contribution in [2.24, 2.45) is 5.92 Å². The zero-order valence-corrected chi connectivity index (χ0v) is 19.4. The molecular formula is C23H31N5O4. The monoisotopic (exact) mass is 441 g/mol. The van der Waals surface area contributed by atoms with Gasteiger partial charge in [0.25, 0.3) is 5.69 Å². The van der Waals surface area contributed by atoms with Gasteiger partial charge in [-0.3, -0.25) is 10.1 Å². The van der Waals surface area contributed by atoms with Gasteiger partial charge in [0.05, 0.1) is 22.0 Å². The molecule has 172 valence electrons. The van der Waals surface area contributed by atoms with Crippen molar-refractivity contribution in [2.45, 2.75) is 59.2 Å². The van der Waals surface area contributed by atoms with E-state index in [-0.39, 0.29) is 22.7 Å². The molecule has 1 aromatic carbocycles. The summed E-state index contributed by atoms with van der Waals surface area (Å²) in [6, 6.07) is 4.96. The van der Waals surface area contributed by atoms with Crippen molar-refractivity contribution in [3.05, 3.63) is 40.0 Å². The van der Waals surface area contributed by atoms with Crippen LogP contribution in [0.2, 0.25) is 0 Å². The van der Waals surface area contributed by atoms with Crippen LogP contribution in [0, 0.1) is 16.0 Å². The number of likely N-dealkylation sites (tertiary alicyclic amines) is 1. The second kappa shape index (κ2) is 8.11. The third-order valence-corrected chi connectivity index (χ3v) is 6.06. The number of nitro benzene ring substituents is 1. The Hall–Kier alpha value is -3.10. The molecule has 0 saturated carbocycles. The Balaban J connectivity index is 1.67.